The number of halogens is 1. The molecule has 1 aromatic rings. The summed E-state index contributed by atoms with van der Waals surface area (Å²) in [6.45, 7) is 2.69. The maximum Gasteiger partial charge on any atom is 0.248 e. The molecule has 2 rings (SSSR count). The first kappa shape index (κ1) is 15.0. The number of carbonyl (C=O) groups is 1. The van der Waals surface area contributed by atoms with Gasteiger partial charge in [0.2, 0.25) is 5.91 Å². The minimum absolute atomic E-state index is 0.287. The molecule has 3 nitrogen and oxygen atoms in total. The molecule has 1 saturated carbocycles. The second kappa shape index (κ2) is 6.84. The minimum Gasteiger partial charge on any atom is -0.366 e. The van der Waals surface area contributed by atoms with E-state index in [4.69, 9.17) is 5.73 Å². The van der Waals surface area contributed by atoms with E-state index in [2.05, 4.69) is 12.2 Å². The highest BCUT2D eigenvalue weighted by atomic mass is 19.1. The second-order valence-corrected chi connectivity index (χ2v) is 5.68. The number of amides is 1. The van der Waals surface area contributed by atoms with E-state index in [0.717, 1.165) is 18.8 Å². The molecular formula is C16H23FN2O. The fourth-order valence-electron chi connectivity index (χ4n) is 2.89. The van der Waals surface area contributed by atoms with E-state index in [1.54, 1.807) is 6.07 Å². The fourth-order valence-corrected chi connectivity index (χ4v) is 2.89. The molecule has 0 heterocycles. The maximum atomic E-state index is 13.7. The lowest BCUT2D eigenvalue weighted by molar-refractivity contribution is 0.1000. The summed E-state index contributed by atoms with van der Waals surface area (Å²) in [5, 5.41) is 3.40. The molecule has 3 N–H and O–H groups in total. The molecule has 0 bridgehead atoms. The predicted octanol–water partition coefficient (Wildman–Crippen LogP) is 2.98. The number of nitrogens with two attached hydrogens (primary N) is 1. The van der Waals surface area contributed by atoms with Crippen molar-refractivity contribution in [3.63, 3.8) is 0 Å². The molecule has 1 aliphatic rings. The van der Waals surface area contributed by atoms with Gasteiger partial charge < -0.3 is 11.1 Å². The molecule has 1 aliphatic carbocycles. The van der Waals surface area contributed by atoms with Crippen LogP contribution in [0.3, 0.4) is 0 Å². The molecule has 4 heteroatoms. The standard InChI is InChI=1S/C16H23FN2O/c1-2-11-3-6-14(7-4-11)19-10-13-9-12(16(18)20)5-8-15(13)17/h5,8-9,11,14,19H,2-4,6-7,10H2,1H3,(H2,18,20). The van der Waals surface area contributed by atoms with E-state index in [1.165, 1.54) is 31.4 Å². The first-order valence-corrected chi connectivity index (χ1v) is 7.41. The van der Waals surface area contributed by atoms with Gasteiger partial charge in [-0.15, -0.1) is 0 Å². The highest BCUT2D eigenvalue weighted by Gasteiger charge is 2.19. The van der Waals surface area contributed by atoms with E-state index < -0.39 is 5.91 Å². The van der Waals surface area contributed by atoms with Crippen LogP contribution in [0.1, 0.15) is 54.9 Å². The van der Waals surface area contributed by atoms with Gasteiger partial charge >= 0.3 is 0 Å². The Morgan fingerprint density at radius 3 is 2.65 bits per heavy atom. The van der Waals surface area contributed by atoms with Gasteiger partial charge in [0.15, 0.2) is 0 Å². The van der Waals surface area contributed by atoms with Crippen LogP contribution in [0.15, 0.2) is 18.2 Å². The van der Waals surface area contributed by atoms with Crippen LogP contribution >= 0.6 is 0 Å². The molecular weight excluding hydrogens is 255 g/mol. The summed E-state index contributed by atoms with van der Waals surface area (Å²) in [5.74, 6) is 0.0439. The van der Waals surface area contributed by atoms with Gasteiger partial charge in [0, 0.05) is 23.7 Å². The molecule has 0 aliphatic heterocycles. The van der Waals surface area contributed by atoms with Crippen LogP contribution < -0.4 is 11.1 Å². The summed E-state index contributed by atoms with van der Waals surface area (Å²) >= 11 is 0. The van der Waals surface area contributed by atoms with Gasteiger partial charge in [-0.1, -0.05) is 13.3 Å². The summed E-state index contributed by atoms with van der Waals surface area (Å²) < 4.78 is 13.7. The minimum atomic E-state index is -0.519. The topological polar surface area (TPSA) is 55.1 Å². The molecule has 1 amide bonds. The van der Waals surface area contributed by atoms with Gasteiger partial charge in [-0.3, -0.25) is 4.79 Å². The zero-order valence-electron chi connectivity index (χ0n) is 12.0. The Balaban J connectivity index is 1.91. The van der Waals surface area contributed by atoms with E-state index in [-0.39, 0.29) is 5.82 Å². The van der Waals surface area contributed by atoms with Crippen LogP contribution in [-0.4, -0.2) is 11.9 Å². The van der Waals surface area contributed by atoms with Crippen molar-refractivity contribution in [2.45, 2.75) is 51.6 Å². The van der Waals surface area contributed by atoms with Crippen LogP contribution in [0.5, 0.6) is 0 Å². The number of carbonyl (C=O) groups excluding carboxylic acids is 1. The van der Waals surface area contributed by atoms with Gasteiger partial charge in [0.05, 0.1) is 0 Å². The zero-order chi connectivity index (χ0) is 14.5. The Hall–Kier alpha value is -1.42. The molecule has 0 atom stereocenters. The van der Waals surface area contributed by atoms with Crippen molar-refractivity contribution in [3.05, 3.63) is 35.1 Å². The van der Waals surface area contributed by atoms with Crippen LogP contribution in [0.2, 0.25) is 0 Å². The Morgan fingerprint density at radius 2 is 2.05 bits per heavy atom. The van der Waals surface area contributed by atoms with Crippen molar-refractivity contribution in [2.24, 2.45) is 11.7 Å². The predicted molar refractivity (Wildman–Crippen MR) is 77.8 cm³/mol. The smallest absolute Gasteiger partial charge is 0.248 e. The Morgan fingerprint density at radius 1 is 1.35 bits per heavy atom. The van der Waals surface area contributed by atoms with Gasteiger partial charge in [-0.05, 0) is 49.8 Å². The summed E-state index contributed by atoms with van der Waals surface area (Å²) in [6, 6.07) is 4.73. The SMILES string of the molecule is CCC1CCC(NCc2cc(C(N)=O)ccc2F)CC1. The number of primary amides is 1. The summed E-state index contributed by atoms with van der Waals surface area (Å²) in [4.78, 5) is 11.1. The van der Waals surface area contributed by atoms with Gasteiger partial charge in [-0.2, -0.15) is 0 Å². The fraction of sp³-hybridized carbons (Fsp3) is 0.562. The van der Waals surface area contributed by atoms with E-state index >= 15 is 0 Å². The van der Waals surface area contributed by atoms with Gasteiger partial charge in [0.1, 0.15) is 5.82 Å². The largest absolute Gasteiger partial charge is 0.366 e. The molecule has 0 unspecified atom stereocenters. The Labute approximate surface area is 119 Å². The number of benzene rings is 1. The van der Waals surface area contributed by atoms with Crippen molar-refractivity contribution in [1.29, 1.82) is 0 Å². The van der Waals surface area contributed by atoms with E-state index in [1.807, 2.05) is 0 Å². The molecule has 0 spiro atoms. The number of nitrogens with one attached hydrogen (secondary N) is 1. The third-order valence-corrected chi connectivity index (χ3v) is 4.34. The van der Waals surface area contributed by atoms with Crippen molar-refractivity contribution < 1.29 is 9.18 Å². The summed E-state index contributed by atoms with van der Waals surface area (Å²) in [5.41, 5.74) is 6.09. The summed E-state index contributed by atoms with van der Waals surface area (Å²) in [6.07, 6.45) is 6.04. The zero-order valence-corrected chi connectivity index (χ0v) is 12.0. The molecule has 110 valence electrons. The highest BCUT2D eigenvalue weighted by molar-refractivity contribution is 5.92. The van der Waals surface area contributed by atoms with Crippen LogP contribution in [0, 0.1) is 11.7 Å². The lowest BCUT2D eigenvalue weighted by Gasteiger charge is -2.28. The lowest BCUT2D eigenvalue weighted by Crippen LogP contribution is -2.33. The van der Waals surface area contributed by atoms with Gasteiger partial charge in [0.25, 0.3) is 0 Å². The van der Waals surface area contributed by atoms with Crippen molar-refractivity contribution >= 4 is 5.91 Å². The van der Waals surface area contributed by atoms with Crippen molar-refractivity contribution in [1.82, 2.24) is 5.32 Å². The molecule has 0 saturated heterocycles. The monoisotopic (exact) mass is 278 g/mol. The van der Waals surface area contributed by atoms with E-state index in [9.17, 15) is 9.18 Å². The van der Waals surface area contributed by atoms with Crippen molar-refractivity contribution in [2.75, 3.05) is 0 Å². The highest BCUT2D eigenvalue weighted by Crippen LogP contribution is 2.26. The summed E-state index contributed by atoms with van der Waals surface area (Å²) in [7, 11) is 0. The third kappa shape index (κ3) is 3.79. The number of hydrogen-bond acceptors (Lipinski definition) is 2. The molecule has 1 aromatic carbocycles. The average Bonchev–Trinajstić information content (AvgIpc) is 2.46. The van der Waals surface area contributed by atoms with Crippen LogP contribution in [0.4, 0.5) is 4.39 Å². The first-order chi connectivity index (χ1) is 9.60. The molecule has 0 aromatic heterocycles. The van der Waals surface area contributed by atoms with Gasteiger partial charge in [-0.25, -0.2) is 4.39 Å². The van der Waals surface area contributed by atoms with E-state index in [0.29, 0.717) is 23.7 Å². The quantitative estimate of drug-likeness (QED) is 0.870. The van der Waals surface area contributed by atoms with Crippen molar-refractivity contribution in [3.8, 4) is 0 Å². The normalized spacial score (nSPS) is 22.7. The third-order valence-electron chi connectivity index (χ3n) is 4.34. The first-order valence-electron chi connectivity index (χ1n) is 7.41. The maximum absolute atomic E-state index is 13.7. The van der Waals surface area contributed by atoms with Crippen LogP contribution in [-0.2, 0) is 6.54 Å². The lowest BCUT2D eigenvalue weighted by atomic mass is 9.84. The molecule has 1 fully saturated rings. The van der Waals surface area contributed by atoms with Crippen LogP contribution in [0.25, 0.3) is 0 Å². The Bertz CT molecular complexity index is 468. The number of hydrogen-bond donors (Lipinski definition) is 2. The molecule has 20 heavy (non-hydrogen) atoms. The average molecular weight is 278 g/mol. The molecule has 0 radical (unpaired) electrons. The second-order valence-electron chi connectivity index (χ2n) is 5.68. The Kier molecular flexibility index (Phi) is 5.12. The number of rotatable bonds is 5.